The van der Waals surface area contributed by atoms with Crippen molar-refractivity contribution in [2.24, 2.45) is 0 Å². The van der Waals surface area contributed by atoms with Gasteiger partial charge in [-0.1, -0.05) is 29.4 Å². The van der Waals surface area contributed by atoms with Gasteiger partial charge >= 0.3 is 6.01 Å². The van der Waals surface area contributed by atoms with Gasteiger partial charge in [0.15, 0.2) is 0 Å². The molecule has 2 amide bonds. The molecule has 28 heavy (non-hydrogen) atoms. The van der Waals surface area contributed by atoms with Crippen LogP contribution in [0.4, 0.5) is 11.7 Å². The predicted octanol–water partition coefficient (Wildman–Crippen LogP) is 2.71. The average molecular weight is 373 g/mol. The first-order chi connectivity index (χ1) is 13.6. The van der Waals surface area contributed by atoms with Gasteiger partial charge in [-0.05, 0) is 30.3 Å². The SMILES string of the molecule is N#Cc1cccc(C(=O)Nc2nnc(C3CC(=O)N(c4ccccc4)C3)o2)c1. The number of benzene rings is 2. The van der Waals surface area contributed by atoms with E-state index in [9.17, 15) is 9.59 Å². The van der Waals surface area contributed by atoms with Crippen molar-refractivity contribution < 1.29 is 14.0 Å². The summed E-state index contributed by atoms with van der Waals surface area (Å²) in [5, 5.41) is 19.3. The van der Waals surface area contributed by atoms with Gasteiger partial charge in [0.25, 0.3) is 5.91 Å². The van der Waals surface area contributed by atoms with E-state index in [1.165, 1.54) is 6.07 Å². The van der Waals surface area contributed by atoms with Crippen molar-refractivity contribution >= 4 is 23.5 Å². The van der Waals surface area contributed by atoms with E-state index >= 15 is 0 Å². The second kappa shape index (κ2) is 7.32. The second-order valence-electron chi connectivity index (χ2n) is 6.33. The molecule has 0 aliphatic carbocycles. The molecule has 0 spiro atoms. The van der Waals surface area contributed by atoms with Crippen molar-refractivity contribution in [1.82, 2.24) is 10.2 Å². The van der Waals surface area contributed by atoms with E-state index in [1.54, 1.807) is 23.1 Å². The number of aromatic nitrogens is 2. The van der Waals surface area contributed by atoms with Crippen LogP contribution in [-0.2, 0) is 4.79 Å². The number of anilines is 2. The quantitative estimate of drug-likeness (QED) is 0.752. The van der Waals surface area contributed by atoms with Gasteiger partial charge < -0.3 is 9.32 Å². The lowest BCUT2D eigenvalue weighted by molar-refractivity contribution is -0.117. The molecule has 1 unspecified atom stereocenters. The minimum absolute atomic E-state index is 0.0201. The van der Waals surface area contributed by atoms with Crippen molar-refractivity contribution in [1.29, 1.82) is 5.26 Å². The van der Waals surface area contributed by atoms with Crippen molar-refractivity contribution in [3.63, 3.8) is 0 Å². The van der Waals surface area contributed by atoms with E-state index in [1.807, 2.05) is 36.4 Å². The molecule has 4 rings (SSSR count). The zero-order valence-corrected chi connectivity index (χ0v) is 14.7. The van der Waals surface area contributed by atoms with Crippen molar-refractivity contribution in [2.75, 3.05) is 16.8 Å². The zero-order valence-electron chi connectivity index (χ0n) is 14.7. The minimum atomic E-state index is -0.458. The summed E-state index contributed by atoms with van der Waals surface area (Å²) in [5.41, 5.74) is 1.51. The molecule has 1 fully saturated rings. The first kappa shape index (κ1) is 17.4. The summed E-state index contributed by atoms with van der Waals surface area (Å²) >= 11 is 0. The van der Waals surface area contributed by atoms with Crippen LogP contribution >= 0.6 is 0 Å². The third-order valence-electron chi connectivity index (χ3n) is 4.46. The molecule has 1 aliphatic rings. The van der Waals surface area contributed by atoms with Crippen LogP contribution in [0, 0.1) is 11.3 Å². The van der Waals surface area contributed by atoms with E-state index in [0.29, 0.717) is 23.6 Å². The number of carbonyl (C=O) groups is 2. The first-order valence-electron chi connectivity index (χ1n) is 8.64. The van der Waals surface area contributed by atoms with Crippen LogP contribution in [0.3, 0.4) is 0 Å². The molecule has 1 aliphatic heterocycles. The predicted molar refractivity (Wildman–Crippen MR) is 99.6 cm³/mol. The standard InChI is InChI=1S/C20H15N5O3/c21-11-13-5-4-6-14(9-13)18(27)22-20-24-23-19(28-20)15-10-17(26)25(12-15)16-7-2-1-3-8-16/h1-9,15H,10,12H2,(H,22,24,27). The maximum absolute atomic E-state index is 12.3. The molecule has 2 heterocycles. The maximum atomic E-state index is 12.3. The highest BCUT2D eigenvalue weighted by Gasteiger charge is 2.35. The molecule has 138 valence electrons. The number of rotatable bonds is 4. The monoisotopic (exact) mass is 373 g/mol. The lowest BCUT2D eigenvalue weighted by Crippen LogP contribution is -2.24. The Balaban J connectivity index is 1.45. The van der Waals surface area contributed by atoms with Gasteiger partial charge in [0.05, 0.1) is 17.6 Å². The summed E-state index contributed by atoms with van der Waals surface area (Å²) in [4.78, 5) is 26.3. The summed E-state index contributed by atoms with van der Waals surface area (Å²) in [6.45, 7) is 0.433. The van der Waals surface area contributed by atoms with Crippen LogP contribution in [0.5, 0.6) is 0 Å². The van der Waals surface area contributed by atoms with Crippen LogP contribution in [0.1, 0.15) is 34.2 Å². The zero-order chi connectivity index (χ0) is 19.5. The summed E-state index contributed by atoms with van der Waals surface area (Å²) in [7, 11) is 0. The van der Waals surface area contributed by atoms with Crippen LogP contribution < -0.4 is 10.2 Å². The molecule has 1 saturated heterocycles. The van der Waals surface area contributed by atoms with Crippen LogP contribution in [0.2, 0.25) is 0 Å². The molecule has 0 saturated carbocycles. The fourth-order valence-corrected chi connectivity index (χ4v) is 3.08. The topological polar surface area (TPSA) is 112 Å². The van der Waals surface area contributed by atoms with Crippen LogP contribution in [0.15, 0.2) is 59.0 Å². The lowest BCUT2D eigenvalue weighted by atomic mass is 10.1. The molecule has 2 aromatic carbocycles. The third kappa shape index (κ3) is 3.46. The van der Waals surface area contributed by atoms with Gasteiger partial charge in [0, 0.05) is 24.2 Å². The van der Waals surface area contributed by atoms with Crippen LogP contribution in [-0.4, -0.2) is 28.6 Å². The molecule has 8 nitrogen and oxygen atoms in total. The number of nitriles is 1. The van der Waals surface area contributed by atoms with E-state index in [4.69, 9.17) is 9.68 Å². The average Bonchev–Trinajstić information content (AvgIpc) is 3.35. The molecule has 1 atom stereocenters. The first-order valence-corrected chi connectivity index (χ1v) is 8.64. The highest BCUT2D eigenvalue weighted by Crippen LogP contribution is 2.31. The van der Waals surface area contributed by atoms with Gasteiger partial charge in [-0.15, -0.1) is 5.10 Å². The molecule has 8 heteroatoms. The summed E-state index contributed by atoms with van der Waals surface area (Å²) in [6, 6.07) is 17.6. The highest BCUT2D eigenvalue weighted by atomic mass is 16.4. The molecular formula is C20H15N5O3. The Labute approximate surface area is 160 Å². The third-order valence-corrected chi connectivity index (χ3v) is 4.46. The number of nitrogens with one attached hydrogen (secondary N) is 1. The summed E-state index contributed by atoms with van der Waals surface area (Å²) in [5.74, 6) is -0.422. The van der Waals surface area contributed by atoms with Crippen molar-refractivity contribution in [2.45, 2.75) is 12.3 Å². The van der Waals surface area contributed by atoms with Gasteiger partial charge in [0.2, 0.25) is 11.8 Å². The smallest absolute Gasteiger partial charge is 0.322 e. The Kier molecular flexibility index (Phi) is 4.56. The Morgan fingerprint density at radius 2 is 2.00 bits per heavy atom. The van der Waals surface area contributed by atoms with E-state index in [-0.39, 0.29) is 24.3 Å². The van der Waals surface area contributed by atoms with Crippen molar-refractivity contribution in [3.8, 4) is 6.07 Å². The fraction of sp³-hybridized carbons (Fsp3) is 0.150. The number of carbonyl (C=O) groups excluding carboxylic acids is 2. The van der Waals surface area contributed by atoms with E-state index in [2.05, 4.69) is 15.5 Å². The molecule has 3 aromatic rings. The Morgan fingerprint density at radius 1 is 1.18 bits per heavy atom. The molecular weight excluding hydrogens is 358 g/mol. The van der Waals surface area contributed by atoms with Crippen LogP contribution in [0.25, 0.3) is 0 Å². The summed E-state index contributed by atoms with van der Waals surface area (Å²) in [6.07, 6.45) is 0.259. The van der Waals surface area contributed by atoms with E-state index in [0.717, 1.165) is 5.69 Å². The lowest BCUT2D eigenvalue weighted by Gasteiger charge is -2.15. The largest absolute Gasteiger partial charge is 0.407 e. The number of hydrogen-bond acceptors (Lipinski definition) is 6. The Bertz CT molecular complexity index is 1070. The van der Waals surface area contributed by atoms with Gasteiger partial charge in [-0.25, -0.2) is 0 Å². The minimum Gasteiger partial charge on any atom is -0.407 e. The van der Waals surface area contributed by atoms with Gasteiger partial charge in [0.1, 0.15) is 0 Å². The Morgan fingerprint density at radius 3 is 2.79 bits per heavy atom. The molecule has 0 radical (unpaired) electrons. The van der Waals surface area contributed by atoms with Gasteiger partial charge in [-0.2, -0.15) is 5.26 Å². The summed E-state index contributed by atoms with van der Waals surface area (Å²) < 4.78 is 5.55. The highest BCUT2D eigenvalue weighted by molar-refractivity contribution is 6.03. The number of amides is 2. The molecule has 1 N–H and O–H groups in total. The number of hydrogen-bond donors (Lipinski definition) is 1. The second-order valence-corrected chi connectivity index (χ2v) is 6.33. The van der Waals surface area contributed by atoms with Gasteiger partial charge in [-0.3, -0.25) is 14.9 Å². The molecule has 0 bridgehead atoms. The number of para-hydroxylation sites is 1. The normalized spacial score (nSPS) is 16.0. The maximum Gasteiger partial charge on any atom is 0.322 e. The van der Waals surface area contributed by atoms with Crippen molar-refractivity contribution in [3.05, 3.63) is 71.6 Å². The van der Waals surface area contributed by atoms with E-state index < -0.39 is 5.91 Å². The molecule has 1 aromatic heterocycles. The fourth-order valence-electron chi connectivity index (χ4n) is 3.08. The Hall–Kier alpha value is -3.99. The number of nitrogens with zero attached hydrogens (tertiary/aromatic N) is 4.